The molecule has 3 rings (SSSR count). The second kappa shape index (κ2) is 5.67. The van der Waals surface area contributed by atoms with E-state index >= 15 is 0 Å². The third-order valence-electron chi connectivity index (χ3n) is 4.47. The molecule has 1 N–H and O–H groups in total. The van der Waals surface area contributed by atoms with Gasteiger partial charge in [0.25, 0.3) is 0 Å². The summed E-state index contributed by atoms with van der Waals surface area (Å²) in [7, 11) is 0. The number of ether oxygens (including phenoxy) is 2. The smallest absolute Gasteiger partial charge is 0.407 e. The minimum Gasteiger partial charge on any atom is -0.465 e. The number of fused-ring (bicyclic) bond motifs is 1. The molecule has 1 saturated heterocycles. The number of nitrogens with zero attached hydrogens (tertiary/aromatic N) is 1. The Balaban J connectivity index is 1.92. The fraction of sp³-hybridized carbons (Fsp3) is 0.588. The molecule has 2 heterocycles. The molecule has 5 nitrogen and oxygen atoms in total. The molecule has 0 saturated carbocycles. The summed E-state index contributed by atoms with van der Waals surface area (Å²) in [5.41, 5.74) is 0.953. The Kier molecular flexibility index (Phi) is 4.09. The van der Waals surface area contributed by atoms with Crippen molar-refractivity contribution >= 4 is 22.0 Å². The van der Waals surface area contributed by atoms with Crippen LogP contribution in [0.4, 0.5) is 4.79 Å². The number of piperidine rings is 1. The maximum atomic E-state index is 11.1. The van der Waals surface area contributed by atoms with Crippen LogP contribution in [0.15, 0.2) is 22.7 Å². The molecule has 23 heavy (non-hydrogen) atoms. The SMILES string of the molecule is CC(C)(C)C1OC2(CCN(C(=O)O)CC2)Oc2ccc(Br)cc21. The van der Waals surface area contributed by atoms with Gasteiger partial charge in [0.05, 0.1) is 6.10 Å². The van der Waals surface area contributed by atoms with Crippen molar-refractivity contribution in [3.05, 3.63) is 28.2 Å². The molecule has 0 aromatic heterocycles. The summed E-state index contributed by atoms with van der Waals surface area (Å²) in [5.74, 6) is 0.105. The molecule has 1 amide bonds. The molecule has 0 radical (unpaired) electrons. The molecular formula is C17H22BrNO4. The van der Waals surface area contributed by atoms with Crippen LogP contribution >= 0.6 is 15.9 Å². The molecule has 2 aliphatic rings. The van der Waals surface area contributed by atoms with Crippen molar-refractivity contribution in [2.75, 3.05) is 13.1 Å². The summed E-state index contributed by atoms with van der Waals surface area (Å²) in [6.07, 6.45) is 0.107. The number of likely N-dealkylation sites (tertiary alicyclic amines) is 1. The first kappa shape index (κ1) is 16.6. The summed E-state index contributed by atoms with van der Waals surface area (Å²) in [6.45, 7) is 7.30. The second-order valence-corrected chi connectivity index (χ2v) is 8.24. The number of benzene rings is 1. The first-order valence-corrected chi connectivity index (χ1v) is 8.64. The van der Waals surface area contributed by atoms with Gasteiger partial charge in [0.1, 0.15) is 5.75 Å². The molecule has 0 aliphatic carbocycles. The van der Waals surface area contributed by atoms with Gasteiger partial charge in [-0.25, -0.2) is 4.79 Å². The van der Waals surface area contributed by atoms with Crippen molar-refractivity contribution in [1.82, 2.24) is 4.90 Å². The monoisotopic (exact) mass is 383 g/mol. The molecule has 1 unspecified atom stereocenters. The summed E-state index contributed by atoms with van der Waals surface area (Å²) in [5, 5.41) is 9.13. The van der Waals surface area contributed by atoms with Gasteiger partial charge < -0.3 is 19.5 Å². The highest BCUT2D eigenvalue weighted by atomic mass is 79.9. The number of halogens is 1. The van der Waals surface area contributed by atoms with Gasteiger partial charge in [0.15, 0.2) is 0 Å². The standard InChI is InChI=1S/C17H22BrNO4/c1-16(2,3)14-12-10-11(18)4-5-13(12)22-17(23-14)6-8-19(9-7-17)15(20)21/h4-5,10,14H,6-9H2,1-3H3,(H,20,21). The molecule has 1 fully saturated rings. The van der Waals surface area contributed by atoms with Crippen LogP contribution in [0.1, 0.15) is 45.3 Å². The lowest BCUT2D eigenvalue weighted by molar-refractivity contribution is -0.266. The van der Waals surface area contributed by atoms with Crippen LogP contribution in [0, 0.1) is 5.41 Å². The highest BCUT2D eigenvalue weighted by Gasteiger charge is 2.48. The van der Waals surface area contributed by atoms with E-state index in [1.54, 1.807) is 0 Å². The van der Waals surface area contributed by atoms with Crippen molar-refractivity contribution in [2.24, 2.45) is 5.41 Å². The van der Waals surface area contributed by atoms with E-state index in [1.165, 1.54) is 4.90 Å². The Morgan fingerprint density at radius 1 is 1.35 bits per heavy atom. The molecule has 0 bridgehead atoms. The van der Waals surface area contributed by atoms with Crippen molar-refractivity contribution < 1.29 is 19.4 Å². The van der Waals surface area contributed by atoms with Crippen LogP contribution in [0.3, 0.4) is 0 Å². The van der Waals surface area contributed by atoms with Crippen LogP contribution in [0.2, 0.25) is 0 Å². The molecule has 6 heteroatoms. The predicted molar refractivity (Wildman–Crippen MR) is 89.6 cm³/mol. The normalized spacial score (nSPS) is 23.3. The average molecular weight is 384 g/mol. The van der Waals surface area contributed by atoms with E-state index < -0.39 is 11.9 Å². The fourth-order valence-corrected chi connectivity index (χ4v) is 3.60. The van der Waals surface area contributed by atoms with E-state index in [-0.39, 0.29) is 11.5 Å². The summed E-state index contributed by atoms with van der Waals surface area (Å²) < 4.78 is 13.6. The summed E-state index contributed by atoms with van der Waals surface area (Å²) in [6, 6.07) is 5.97. The Labute approximate surface area is 144 Å². The highest BCUT2D eigenvalue weighted by molar-refractivity contribution is 9.10. The molecular weight excluding hydrogens is 362 g/mol. The topological polar surface area (TPSA) is 59.0 Å². The first-order chi connectivity index (χ1) is 10.7. The Morgan fingerprint density at radius 2 is 2.00 bits per heavy atom. The van der Waals surface area contributed by atoms with Crippen LogP contribution in [0.25, 0.3) is 0 Å². The van der Waals surface area contributed by atoms with E-state index in [2.05, 4.69) is 36.7 Å². The van der Waals surface area contributed by atoms with Gasteiger partial charge in [-0.1, -0.05) is 36.7 Å². The molecule has 1 aromatic rings. The number of amides is 1. The van der Waals surface area contributed by atoms with Crippen molar-refractivity contribution in [1.29, 1.82) is 0 Å². The van der Waals surface area contributed by atoms with Gasteiger partial charge in [-0.05, 0) is 23.6 Å². The molecule has 1 aromatic carbocycles. The lowest BCUT2D eigenvalue weighted by atomic mass is 9.82. The van der Waals surface area contributed by atoms with Gasteiger partial charge in [-0.2, -0.15) is 0 Å². The zero-order valence-corrected chi connectivity index (χ0v) is 15.2. The quantitative estimate of drug-likeness (QED) is 0.720. The van der Waals surface area contributed by atoms with E-state index in [0.717, 1.165) is 15.8 Å². The summed E-state index contributed by atoms with van der Waals surface area (Å²) in [4.78, 5) is 12.5. The second-order valence-electron chi connectivity index (χ2n) is 7.33. The zero-order valence-electron chi connectivity index (χ0n) is 13.6. The number of carbonyl (C=O) groups is 1. The van der Waals surface area contributed by atoms with E-state index in [4.69, 9.17) is 14.6 Å². The Bertz CT molecular complexity index is 618. The summed E-state index contributed by atoms with van der Waals surface area (Å²) >= 11 is 3.51. The maximum absolute atomic E-state index is 11.1. The lowest BCUT2D eigenvalue weighted by Crippen LogP contribution is -2.54. The van der Waals surface area contributed by atoms with Gasteiger partial charge in [-0.15, -0.1) is 0 Å². The van der Waals surface area contributed by atoms with Crippen molar-refractivity contribution in [3.63, 3.8) is 0 Å². The van der Waals surface area contributed by atoms with Crippen LogP contribution in [-0.4, -0.2) is 35.0 Å². The van der Waals surface area contributed by atoms with Gasteiger partial charge >= 0.3 is 6.09 Å². The number of rotatable bonds is 0. The molecule has 2 aliphatic heterocycles. The zero-order chi connectivity index (χ0) is 16.8. The third-order valence-corrected chi connectivity index (χ3v) is 4.96. The van der Waals surface area contributed by atoms with Crippen molar-refractivity contribution in [3.8, 4) is 5.75 Å². The van der Waals surface area contributed by atoms with E-state index in [0.29, 0.717) is 25.9 Å². The minimum absolute atomic E-state index is 0.0870. The first-order valence-electron chi connectivity index (χ1n) is 7.84. The maximum Gasteiger partial charge on any atom is 0.407 e. The predicted octanol–water partition coefficient (Wildman–Crippen LogP) is 4.42. The fourth-order valence-electron chi connectivity index (χ4n) is 3.22. The molecule has 1 atom stereocenters. The molecule has 126 valence electrons. The van der Waals surface area contributed by atoms with Crippen LogP contribution < -0.4 is 4.74 Å². The average Bonchev–Trinajstić information content (AvgIpc) is 2.46. The van der Waals surface area contributed by atoms with Gasteiger partial charge in [-0.3, -0.25) is 0 Å². The van der Waals surface area contributed by atoms with Gasteiger partial charge in [0.2, 0.25) is 5.79 Å². The Hall–Kier alpha value is -1.27. The molecule has 1 spiro atoms. The Morgan fingerprint density at radius 3 is 2.57 bits per heavy atom. The number of hydrogen-bond donors (Lipinski definition) is 1. The van der Waals surface area contributed by atoms with Crippen LogP contribution in [0.5, 0.6) is 5.75 Å². The van der Waals surface area contributed by atoms with E-state index in [1.807, 2.05) is 18.2 Å². The minimum atomic E-state index is -0.882. The van der Waals surface area contributed by atoms with Gasteiger partial charge in [0, 0.05) is 36.0 Å². The van der Waals surface area contributed by atoms with E-state index in [9.17, 15) is 4.79 Å². The number of hydrogen-bond acceptors (Lipinski definition) is 3. The van der Waals surface area contributed by atoms with Crippen LogP contribution in [-0.2, 0) is 4.74 Å². The third kappa shape index (κ3) is 3.19. The lowest BCUT2D eigenvalue weighted by Gasteiger charge is -2.49. The number of carboxylic acid groups (broad SMARTS) is 1. The largest absolute Gasteiger partial charge is 0.465 e. The highest BCUT2D eigenvalue weighted by Crippen LogP contribution is 2.50. The van der Waals surface area contributed by atoms with Crippen molar-refractivity contribution in [2.45, 2.75) is 45.5 Å².